The Kier molecular flexibility index (Phi) is 5.18. The minimum absolute atomic E-state index is 0.329. The molecule has 4 rings (SSSR count). The number of thiazole rings is 1. The Morgan fingerprint density at radius 1 is 1.17 bits per heavy atom. The lowest BCUT2D eigenvalue weighted by atomic mass is 9.98. The molecule has 8 heteroatoms. The Balaban J connectivity index is 1.52. The molecule has 1 aliphatic rings. The van der Waals surface area contributed by atoms with Gasteiger partial charge in [-0.15, -0.1) is 11.3 Å². The molecule has 0 fully saturated rings. The first-order chi connectivity index (χ1) is 14.1. The van der Waals surface area contributed by atoms with Crippen LogP contribution in [0.3, 0.4) is 0 Å². The summed E-state index contributed by atoms with van der Waals surface area (Å²) < 4.78 is 16.0. The number of ether oxygens (including phenoxy) is 3. The van der Waals surface area contributed by atoms with Gasteiger partial charge in [0.05, 0.1) is 25.5 Å². The van der Waals surface area contributed by atoms with E-state index in [2.05, 4.69) is 10.3 Å². The number of anilines is 1. The molecule has 0 bridgehead atoms. The topological polar surface area (TPSA) is 86.8 Å². The Labute approximate surface area is 171 Å². The number of nitrogens with zero attached hydrogens (tertiary/aromatic N) is 1. The van der Waals surface area contributed by atoms with Crippen LogP contribution in [-0.2, 0) is 16.0 Å². The van der Waals surface area contributed by atoms with E-state index in [-0.39, 0.29) is 0 Å². The lowest BCUT2D eigenvalue weighted by Gasteiger charge is -2.23. The van der Waals surface area contributed by atoms with Crippen LogP contribution in [-0.4, -0.2) is 37.2 Å². The predicted octanol–water partition coefficient (Wildman–Crippen LogP) is 3.55. The summed E-state index contributed by atoms with van der Waals surface area (Å²) >= 11 is 1.28. The summed E-state index contributed by atoms with van der Waals surface area (Å²) in [5, 5.41) is 4.96. The number of esters is 1. The zero-order valence-corrected chi connectivity index (χ0v) is 16.6. The van der Waals surface area contributed by atoms with Gasteiger partial charge in [-0.3, -0.25) is 10.1 Å². The summed E-state index contributed by atoms with van der Waals surface area (Å²) in [5.74, 6) is 0.415. The highest BCUT2D eigenvalue weighted by Crippen LogP contribution is 2.35. The van der Waals surface area contributed by atoms with Crippen molar-refractivity contribution in [3.05, 3.63) is 59.0 Å². The van der Waals surface area contributed by atoms with Gasteiger partial charge in [0.15, 0.2) is 11.2 Å². The number of hydrogen-bond donors (Lipinski definition) is 1. The number of carbonyl (C=O) groups excluding carboxylic acids is 2. The van der Waals surface area contributed by atoms with Crippen molar-refractivity contribution < 1.29 is 23.8 Å². The second-order valence-electron chi connectivity index (χ2n) is 6.35. The Morgan fingerprint density at radius 3 is 2.79 bits per heavy atom. The number of cyclic esters (lactones) is 1. The molecule has 0 saturated heterocycles. The third-order valence-electron chi connectivity index (χ3n) is 4.60. The third-order valence-corrected chi connectivity index (χ3v) is 5.36. The molecule has 0 saturated carbocycles. The Morgan fingerprint density at radius 2 is 2.00 bits per heavy atom. The molecule has 1 amide bonds. The van der Waals surface area contributed by atoms with Crippen LogP contribution in [0, 0.1) is 0 Å². The van der Waals surface area contributed by atoms with E-state index in [0.717, 1.165) is 11.1 Å². The molecule has 1 aromatic heterocycles. The maximum Gasteiger partial charge on any atom is 0.339 e. The number of aromatic nitrogens is 1. The van der Waals surface area contributed by atoms with Crippen molar-refractivity contribution in [2.75, 3.05) is 19.5 Å². The largest absolute Gasteiger partial charge is 0.497 e. The van der Waals surface area contributed by atoms with Gasteiger partial charge in [-0.2, -0.15) is 0 Å². The van der Waals surface area contributed by atoms with E-state index >= 15 is 0 Å². The van der Waals surface area contributed by atoms with Crippen molar-refractivity contribution in [1.82, 2.24) is 4.98 Å². The SMILES string of the molecule is COc1ccc(OC)c(-c2csc(NC(=O)[C@@H]3Cc4ccccc4C(=O)O3)n2)c1. The molecule has 2 aromatic carbocycles. The Hall–Kier alpha value is -3.39. The van der Waals surface area contributed by atoms with Gasteiger partial charge in [-0.1, -0.05) is 18.2 Å². The van der Waals surface area contributed by atoms with E-state index in [1.807, 2.05) is 23.6 Å². The average molecular weight is 410 g/mol. The van der Waals surface area contributed by atoms with E-state index in [9.17, 15) is 9.59 Å². The molecule has 1 aliphatic heterocycles. The number of nitrogens with one attached hydrogen (secondary N) is 1. The number of methoxy groups -OCH3 is 2. The van der Waals surface area contributed by atoms with Crippen molar-refractivity contribution in [2.24, 2.45) is 0 Å². The van der Waals surface area contributed by atoms with Crippen LogP contribution in [0.1, 0.15) is 15.9 Å². The molecule has 1 N–H and O–H groups in total. The first-order valence-electron chi connectivity index (χ1n) is 8.86. The number of rotatable bonds is 5. The zero-order chi connectivity index (χ0) is 20.4. The molecule has 148 valence electrons. The molecule has 0 aliphatic carbocycles. The second kappa shape index (κ2) is 7.92. The average Bonchev–Trinajstić information content (AvgIpc) is 3.21. The van der Waals surface area contributed by atoms with Gasteiger partial charge in [-0.05, 0) is 29.8 Å². The van der Waals surface area contributed by atoms with E-state index in [1.54, 1.807) is 38.5 Å². The number of amides is 1. The summed E-state index contributed by atoms with van der Waals surface area (Å²) in [7, 11) is 3.16. The highest BCUT2D eigenvalue weighted by molar-refractivity contribution is 7.14. The van der Waals surface area contributed by atoms with Gasteiger partial charge >= 0.3 is 5.97 Å². The van der Waals surface area contributed by atoms with Gasteiger partial charge in [0.1, 0.15) is 11.5 Å². The highest BCUT2D eigenvalue weighted by Gasteiger charge is 2.31. The van der Waals surface area contributed by atoms with Crippen LogP contribution in [0.25, 0.3) is 11.3 Å². The Bertz CT molecular complexity index is 1080. The maximum absolute atomic E-state index is 12.6. The number of hydrogen-bond acceptors (Lipinski definition) is 7. The fourth-order valence-corrected chi connectivity index (χ4v) is 3.85. The molecule has 1 atom stereocenters. The predicted molar refractivity (Wildman–Crippen MR) is 109 cm³/mol. The molecule has 0 spiro atoms. The van der Waals surface area contributed by atoms with Crippen molar-refractivity contribution in [2.45, 2.75) is 12.5 Å². The number of carbonyl (C=O) groups is 2. The fraction of sp³-hybridized carbons (Fsp3) is 0.190. The van der Waals surface area contributed by atoms with Crippen molar-refractivity contribution in [1.29, 1.82) is 0 Å². The molecular formula is C21H18N2O5S. The van der Waals surface area contributed by atoms with Crippen LogP contribution in [0.5, 0.6) is 11.5 Å². The third kappa shape index (κ3) is 3.79. The molecule has 3 aromatic rings. The van der Waals surface area contributed by atoms with Crippen LogP contribution in [0.15, 0.2) is 47.8 Å². The second-order valence-corrected chi connectivity index (χ2v) is 7.21. The van der Waals surface area contributed by atoms with E-state index in [0.29, 0.717) is 34.3 Å². The maximum atomic E-state index is 12.6. The van der Waals surface area contributed by atoms with Crippen LogP contribution in [0.2, 0.25) is 0 Å². The highest BCUT2D eigenvalue weighted by atomic mass is 32.1. The normalized spacial score (nSPS) is 15.2. The lowest BCUT2D eigenvalue weighted by molar-refractivity contribution is -0.125. The van der Waals surface area contributed by atoms with Crippen molar-refractivity contribution in [3.63, 3.8) is 0 Å². The van der Waals surface area contributed by atoms with Gasteiger partial charge in [0, 0.05) is 17.4 Å². The molecule has 2 heterocycles. The van der Waals surface area contributed by atoms with E-state index in [1.165, 1.54) is 11.3 Å². The molecule has 7 nitrogen and oxygen atoms in total. The summed E-state index contributed by atoms with van der Waals surface area (Å²) in [4.78, 5) is 29.2. The summed E-state index contributed by atoms with van der Waals surface area (Å²) in [6.07, 6.45) is -0.563. The summed E-state index contributed by atoms with van der Waals surface area (Å²) in [6.45, 7) is 0. The van der Waals surface area contributed by atoms with Gasteiger partial charge in [0.25, 0.3) is 5.91 Å². The molecule has 0 radical (unpaired) electrons. The first kappa shape index (κ1) is 18.9. The van der Waals surface area contributed by atoms with Gasteiger partial charge in [0.2, 0.25) is 0 Å². The van der Waals surface area contributed by atoms with E-state index in [4.69, 9.17) is 14.2 Å². The number of benzene rings is 2. The lowest BCUT2D eigenvalue weighted by Crippen LogP contribution is -2.37. The van der Waals surface area contributed by atoms with Crippen LogP contribution >= 0.6 is 11.3 Å². The van der Waals surface area contributed by atoms with Crippen LogP contribution in [0.4, 0.5) is 5.13 Å². The number of fused-ring (bicyclic) bond motifs is 1. The minimum atomic E-state index is -0.892. The zero-order valence-electron chi connectivity index (χ0n) is 15.8. The fourth-order valence-electron chi connectivity index (χ4n) is 3.13. The summed E-state index contributed by atoms with van der Waals surface area (Å²) in [5.41, 5.74) is 2.69. The molecule has 0 unspecified atom stereocenters. The molecular weight excluding hydrogens is 392 g/mol. The van der Waals surface area contributed by atoms with E-state index < -0.39 is 18.0 Å². The minimum Gasteiger partial charge on any atom is -0.497 e. The monoisotopic (exact) mass is 410 g/mol. The van der Waals surface area contributed by atoms with Crippen molar-refractivity contribution >= 4 is 28.3 Å². The molecule has 29 heavy (non-hydrogen) atoms. The van der Waals surface area contributed by atoms with Gasteiger partial charge < -0.3 is 14.2 Å². The van der Waals surface area contributed by atoms with Gasteiger partial charge in [-0.25, -0.2) is 9.78 Å². The van der Waals surface area contributed by atoms with Crippen molar-refractivity contribution in [3.8, 4) is 22.8 Å². The first-order valence-corrected chi connectivity index (χ1v) is 9.74. The smallest absolute Gasteiger partial charge is 0.339 e. The quantitative estimate of drug-likeness (QED) is 0.648. The summed E-state index contributed by atoms with van der Waals surface area (Å²) in [6, 6.07) is 12.5. The van der Waals surface area contributed by atoms with Crippen LogP contribution < -0.4 is 14.8 Å². The standard InChI is InChI=1S/C21H18N2O5S/c1-26-13-7-8-17(27-2)15(10-13)16-11-29-21(22-16)23-19(24)18-9-12-5-3-4-6-14(12)20(25)28-18/h3-8,10-11,18H,9H2,1-2H3,(H,22,23,24)/t18-/m0/s1.